The van der Waals surface area contributed by atoms with Gasteiger partial charge in [0.1, 0.15) is 12.2 Å². The first kappa shape index (κ1) is 8.68. The van der Waals surface area contributed by atoms with Crippen LogP contribution in [0.15, 0.2) is 18.3 Å². The van der Waals surface area contributed by atoms with Gasteiger partial charge in [-0.15, -0.1) is 0 Å². The second-order valence-electron chi connectivity index (χ2n) is 2.81. The van der Waals surface area contributed by atoms with E-state index in [1.807, 2.05) is 12.1 Å². The SMILES string of the molecule is COC(=O)Cc1nc2ncccc2[nH]1. The number of esters is 1. The van der Waals surface area contributed by atoms with Crippen LogP contribution in [0.4, 0.5) is 0 Å². The van der Waals surface area contributed by atoms with Crippen molar-refractivity contribution in [2.24, 2.45) is 0 Å². The van der Waals surface area contributed by atoms with Gasteiger partial charge in [0.15, 0.2) is 5.65 Å². The number of nitrogens with zero attached hydrogens (tertiary/aromatic N) is 2. The van der Waals surface area contributed by atoms with Crippen molar-refractivity contribution >= 4 is 17.1 Å². The highest BCUT2D eigenvalue weighted by molar-refractivity contribution is 5.74. The van der Waals surface area contributed by atoms with Crippen molar-refractivity contribution in [2.45, 2.75) is 6.42 Å². The standard InChI is InChI=1S/C9H9N3O2/c1-14-8(13)5-7-11-6-3-2-4-10-9(6)12-7/h2-4H,5H2,1H3,(H,10,11,12). The Morgan fingerprint density at radius 2 is 2.50 bits per heavy atom. The van der Waals surface area contributed by atoms with Crippen LogP contribution in [0, 0.1) is 0 Å². The van der Waals surface area contributed by atoms with Crippen LogP contribution in [0.2, 0.25) is 0 Å². The van der Waals surface area contributed by atoms with Crippen molar-refractivity contribution in [1.29, 1.82) is 0 Å². The molecule has 2 aromatic heterocycles. The molecule has 0 unspecified atom stereocenters. The molecular formula is C9H9N3O2. The molecule has 1 N–H and O–H groups in total. The molecule has 2 rings (SSSR count). The molecule has 0 aromatic carbocycles. The van der Waals surface area contributed by atoms with Crippen LogP contribution >= 0.6 is 0 Å². The minimum atomic E-state index is -0.316. The van der Waals surface area contributed by atoms with Gasteiger partial charge in [-0.3, -0.25) is 4.79 Å². The Labute approximate surface area is 80.1 Å². The molecule has 72 valence electrons. The minimum Gasteiger partial charge on any atom is -0.469 e. The number of aromatic nitrogens is 3. The van der Waals surface area contributed by atoms with E-state index in [9.17, 15) is 4.79 Å². The number of carbonyl (C=O) groups is 1. The highest BCUT2D eigenvalue weighted by atomic mass is 16.5. The number of imidazole rings is 1. The number of rotatable bonds is 2. The Kier molecular flexibility index (Phi) is 2.14. The summed E-state index contributed by atoms with van der Waals surface area (Å²) < 4.78 is 4.53. The van der Waals surface area contributed by atoms with Gasteiger partial charge in [-0.2, -0.15) is 0 Å². The van der Waals surface area contributed by atoms with Crippen LogP contribution in [0.25, 0.3) is 11.2 Å². The lowest BCUT2D eigenvalue weighted by atomic mass is 10.4. The molecule has 0 fully saturated rings. The van der Waals surface area contributed by atoms with Crippen LogP contribution in [0.3, 0.4) is 0 Å². The van der Waals surface area contributed by atoms with E-state index in [2.05, 4.69) is 19.7 Å². The zero-order chi connectivity index (χ0) is 9.97. The van der Waals surface area contributed by atoms with Gasteiger partial charge in [-0.25, -0.2) is 9.97 Å². The molecule has 0 saturated heterocycles. The molecule has 0 bridgehead atoms. The maximum atomic E-state index is 11.0. The summed E-state index contributed by atoms with van der Waals surface area (Å²) in [7, 11) is 1.35. The monoisotopic (exact) mass is 191 g/mol. The van der Waals surface area contributed by atoms with E-state index in [1.54, 1.807) is 6.20 Å². The quantitative estimate of drug-likeness (QED) is 0.708. The number of nitrogens with one attached hydrogen (secondary N) is 1. The van der Waals surface area contributed by atoms with Gasteiger partial charge in [-0.05, 0) is 12.1 Å². The zero-order valence-electron chi connectivity index (χ0n) is 7.65. The van der Waals surface area contributed by atoms with Crippen LogP contribution in [-0.2, 0) is 16.0 Å². The number of fused-ring (bicyclic) bond motifs is 1. The highest BCUT2D eigenvalue weighted by Gasteiger charge is 2.07. The minimum absolute atomic E-state index is 0.146. The lowest BCUT2D eigenvalue weighted by Gasteiger charge is -1.93. The number of hydrogen-bond acceptors (Lipinski definition) is 4. The molecule has 0 aliphatic carbocycles. The molecular weight excluding hydrogens is 182 g/mol. The average molecular weight is 191 g/mol. The second-order valence-corrected chi connectivity index (χ2v) is 2.81. The number of carbonyl (C=O) groups excluding carboxylic acids is 1. The largest absolute Gasteiger partial charge is 0.469 e. The number of H-pyrrole nitrogens is 1. The fourth-order valence-corrected chi connectivity index (χ4v) is 1.19. The fourth-order valence-electron chi connectivity index (χ4n) is 1.19. The molecule has 0 spiro atoms. The zero-order valence-corrected chi connectivity index (χ0v) is 7.65. The summed E-state index contributed by atoms with van der Waals surface area (Å²) in [5.41, 5.74) is 1.44. The van der Waals surface area contributed by atoms with Gasteiger partial charge in [-0.1, -0.05) is 0 Å². The van der Waals surface area contributed by atoms with Crippen molar-refractivity contribution < 1.29 is 9.53 Å². The van der Waals surface area contributed by atoms with Crippen molar-refractivity contribution in [3.8, 4) is 0 Å². The lowest BCUT2D eigenvalue weighted by molar-refractivity contribution is -0.139. The second kappa shape index (κ2) is 3.45. The molecule has 0 atom stereocenters. The third-order valence-corrected chi connectivity index (χ3v) is 1.85. The summed E-state index contributed by atoms with van der Waals surface area (Å²) in [5.74, 6) is 0.259. The van der Waals surface area contributed by atoms with Crippen molar-refractivity contribution in [3.63, 3.8) is 0 Å². The third kappa shape index (κ3) is 1.56. The molecule has 14 heavy (non-hydrogen) atoms. The molecule has 0 saturated carbocycles. The first-order valence-electron chi connectivity index (χ1n) is 4.16. The molecule has 5 heteroatoms. The topological polar surface area (TPSA) is 67.9 Å². The van der Waals surface area contributed by atoms with Gasteiger partial charge in [0.25, 0.3) is 0 Å². The Hall–Kier alpha value is -1.91. The van der Waals surface area contributed by atoms with Crippen LogP contribution < -0.4 is 0 Å². The Bertz CT molecular complexity index is 431. The van der Waals surface area contributed by atoms with E-state index in [4.69, 9.17) is 0 Å². The fraction of sp³-hybridized carbons (Fsp3) is 0.222. The van der Waals surface area contributed by atoms with Crippen molar-refractivity contribution in [1.82, 2.24) is 15.0 Å². The molecule has 0 aliphatic heterocycles. The summed E-state index contributed by atoms with van der Waals surface area (Å²) in [5, 5.41) is 0. The van der Waals surface area contributed by atoms with Crippen LogP contribution in [0.5, 0.6) is 0 Å². The Morgan fingerprint density at radius 1 is 1.64 bits per heavy atom. The molecule has 0 amide bonds. The predicted octanol–water partition coefficient (Wildman–Crippen LogP) is 0.673. The van der Waals surface area contributed by atoms with E-state index in [0.717, 1.165) is 5.52 Å². The highest BCUT2D eigenvalue weighted by Crippen LogP contribution is 2.07. The van der Waals surface area contributed by atoms with E-state index < -0.39 is 0 Å². The van der Waals surface area contributed by atoms with E-state index >= 15 is 0 Å². The summed E-state index contributed by atoms with van der Waals surface area (Å²) in [4.78, 5) is 22.1. The molecule has 5 nitrogen and oxygen atoms in total. The van der Waals surface area contributed by atoms with E-state index in [0.29, 0.717) is 11.5 Å². The average Bonchev–Trinajstić information content (AvgIpc) is 2.59. The van der Waals surface area contributed by atoms with Crippen molar-refractivity contribution in [2.75, 3.05) is 7.11 Å². The van der Waals surface area contributed by atoms with Gasteiger partial charge in [0.05, 0.1) is 12.6 Å². The normalized spacial score (nSPS) is 10.4. The maximum absolute atomic E-state index is 11.0. The van der Waals surface area contributed by atoms with Gasteiger partial charge in [0.2, 0.25) is 0 Å². The molecule has 2 heterocycles. The summed E-state index contributed by atoms with van der Waals surface area (Å²) >= 11 is 0. The number of pyridine rings is 1. The number of hydrogen-bond donors (Lipinski definition) is 1. The molecule has 0 aliphatic rings. The summed E-state index contributed by atoms with van der Waals surface area (Å²) in [6.07, 6.45) is 1.80. The van der Waals surface area contributed by atoms with Gasteiger partial charge in [0, 0.05) is 6.20 Å². The number of aromatic amines is 1. The van der Waals surface area contributed by atoms with Crippen molar-refractivity contribution in [3.05, 3.63) is 24.2 Å². The smallest absolute Gasteiger partial charge is 0.313 e. The Balaban J connectivity index is 2.31. The van der Waals surface area contributed by atoms with Gasteiger partial charge < -0.3 is 9.72 Å². The predicted molar refractivity (Wildman–Crippen MR) is 49.6 cm³/mol. The Morgan fingerprint density at radius 3 is 3.21 bits per heavy atom. The first-order valence-corrected chi connectivity index (χ1v) is 4.16. The maximum Gasteiger partial charge on any atom is 0.313 e. The van der Waals surface area contributed by atoms with E-state index in [1.165, 1.54) is 7.11 Å². The first-order chi connectivity index (χ1) is 6.79. The number of ether oxygens (including phenoxy) is 1. The summed E-state index contributed by atoms with van der Waals surface area (Å²) in [6.45, 7) is 0. The van der Waals surface area contributed by atoms with Crippen LogP contribution in [-0.4, -0.2) is 28.0 Å². The van der Waals surface area contributed by atoms with E-state index in [-0.39, 0.29) is 12.4 Å². The molecule has 0 radical (unpaired) electrons. The van der Waals surface area contributed by atoms with Gasteiger partial charge >= 0.3 is 5.97 Å². The third-order valence-electron chi connectivity index (χ3n) is 1.85. The van der Waals surface area contributed by atoms with Crippen LogP contribution in [0.1, 0.15) is 5.82 Å². The lowest BCUT2D eigenvalue weighted by Crippen LogP contribution is -2.05. The summed E-state index contributed by atoms with van der Waals surface area (Å²) in [6, 6.07) is 3.67. The molecule has 2 aromatic rings. The number of methoxy groups -OCH3 is 1.